The zero-order chi connectivity index (χ0) is 21.4. The van der Waals surface area contributed by atoms with Gasteiger partial charge in [0.2, 0.25) is 0 Å². The number of anilines is 1. The molecule has 0 amide bonds. The summed E-state index contributed by atoms with van der Waals surface area (Å²) < 4.78 is 5.43. The van der Waals surface area contributed by atoms with Gasteiger partial charge in [0, 0.05) is 37.1 Å². The number of halogens is 2. The normalized spacial score (nSPS) is 27.4. The molecule has 2 rings (SSSR count). The van der Waals surface area contributed by atoms with E-state index < -0.39 is 30.6 Å². The van der Waals surface area contributed by atoms with Gasteiger partial charge in [0.1, 0.15) is 18.3 Å². The van der Waals surface area contributed by atoms with Gasteiger partial charge in [-0.3, -0.25) is 0 Å². The van der Waals surface area contributed by atoms with Gasteiger partial charge < -0.3 is 30.2 Å². The van der Waals surface area contributed by atoms with E-state index in [0.717, 1.165) is 36.7 Å². The Morgan fingerprint density at radius 2 is 1.52 bits per heavy atom. The Bertz CT molecular complexity index is 589. The zero-order valence-corrected chi connectivity index (χ0v) is 18.2. The summed E-state index contributed by atoms with van der Waals surface area (Å²) in [7, 11) is 0. The molecular weight excluding hydrogens is 419 g/mol. The molecule has 1 fully saturated rings. The molecule has 1 aromatic carbocycles. The molecule has 0 bridgehead atoms. The van der Waals surface area contributed by atoms with Gasteiger partial charge in [-0.05, 0) is 43.9 Å². The Kier molecular flexibility index (Phi) is 10.4. The van der Waals surface area contributed by atoms with Crippen LogP contribution in [-0.2, 0) is 11.2 Å². The van der Waals surface area contributed by atoms with Crippen molar-refractivity contribution in [3.05, 3.63) is 29.8 Å². The maximum absolute atomic E-state index is 10.2. The van der Waals surface area contributed by atoms with Crippen LogP contribution in [0, 0.1) is 0 Å². The number of alkyl halides is 2. The van der Waals surface area contributed by atoms with Gasteiger partial charge >= 0.3 is 0 Å². The molecule has 5 atom stereocenters. The summed E-state index contributed by atoms with van der Waals surface area (Å²) in [5.41, 5.74) is 2.28. The number of ether oxygens (including phenoxy) is 1. The molecule has 1 aliphatic rings. The molecule has 7 nitrogen and oxygen atoms in total. The molecule has 4 N–H and O–H groups in total. The van der Waals surface area contributed by atoms with Crippen molar-refractivity contribution in [1.29, 1.82) is 0 Å². The minimum absolute atomic E-state index is 0.286. The van der Waals surface area contributed by atoms with Crippen LogP contribution in [0.15, 0.2) is 24.3 Å². The molecule has 1 aromatic rings. The fourth-order valence-corrected chi connectivity index (χ4v) is 3.86. The van der Waals surface area contributed by atoms with Gasteiger partial charge in [-0.1, -0.05) is 12.1 Å². The van der Waals surface area contributed by atoms with Crippen molar-refractivity contribution >= 4 is 28.9 Å². The maximum Gasteiger partial charge on any atom is 0.161 e. The summed E-state index contributed by atoms with van der Waals surface area (Å²) in [5.74, 6) is 1.09. The van der Waals surface area contributed by atoms with Crippen molar-refractivity contribution in [2.24, 2.45) is 0 Å². The zero-order valence-electron chi connectivity index (χ0n) is 16.7. The van der Waals surface area contributed by atoms with E-state index in [1.54, 1.807) is 6.92 Å². The maximum atomic E-state index is 10.2. The summed E-state index contributed by atoms with van der Waals surface area (Å²) in [5, 5.41) is 40.7. The molecule has 0 saturated carbocycles. The number of hydroxylamine groups is 2. The molecule has 1 heterocycles. The summed E-state index contributed by atoms with van der Waals surface area (Å²) in [6.07, 6.45) is -3.26. The Hall–Kier alpha value is -0.640. The van der Waals surface area contributed by atoms with Crippen molar-refractivity contribution in [2.45, 2.75) is 56.8 Å². The topological polar surface area (TPSA) is 96.6 Å². The molecule has 166 valence electrons. The summed E-state index contributed by atoms with van der Waals surface area (Å²) in [6.45, 7) is 3.37. The van der Waals surface area contributed by atoms with Crippen LogP contribution in [-0.4, -0.2) is 87.6 Å². The SMILES string of the molecule is C[C@H]1O[C@H](N(O)CCCCc2ccc(N(CCCl)CCCl)cc2)[C@H](O)[C@@H](O)[C@H]1O. The quantitative estimate of drug-likeness (QED) is 0.232. The Morgan fingerprint density at radius 3 is 2.10 bits per heavy atom. The fraction of sp³-hybridized carbons (Fsp3) is 0.700. The van der Waals surface area contributed by atoms with E-state index in [0.29, 0.717) is 18.2 Å². The highest BCUT2D eigenvalue weighted by molar-refractivity contribution is 6.18. The predicted octanol–water partition coefficient (Wildman–Crippen LogP) is 1.81. The molecule has 29 heavy (non-hydrogen) atoms. The summed E-state index contributed by atoms with van der Waals surface area (Å²) >= 11 is 11.7. The number of aliphatic hydroxyl groups is 3. The molecule has 9 heteroatoms. The first-order valence-electron chi connectivity index (χ1n) is 10.00. The van der Waals surface area contributed by atoms with E-state index in [4.69, 9.17) is 27.9 Å². The molecule has 0 radical (unpaired) electrons. The van der Waals surface area contributed by atoms with Gasteiger partial charge in [-0.2, -0.15) is 5.06 Å². The monoisotopic (exact) mass is 450 g/mol. The van der Waals surface area contributed by atoms with E-state index in [2.05, 4.69) is 29.2 Å². The third-order valence-electron chi connectivity index (χ3n) is 5.23. The predicted molar refractivity (Wildman–Crippen MR) is 114 cm³/mol. The third kappa shape index (κ3) is 6.94. The first-order valence-corrected chi connectivity index (χ1v) is 11.1. The summed E-state index contributed by atoms with van der Waals surface area (Å²) in [4.78, 5) is 2.15. The number of unbranched alkanes of at least 4 members (excludes halogenated alkanes) is 1. The second kappa shape index (κ2) is 12.3. The van der Waals surface area contributed by atoms with Gasteiger partial charge in [0.05, 0.1) is 6.10 Å². The molecule has 0 unspecified atom stereocenters. The highest BCUT2D eigenvalue weighted by Gasteiger charge is 2.43. The highest BCUT2D eigenvalue weighted by atomic mass is 35.5. The molecule has 0 aliphatic carbocycles. The van der Waals surface area contributed by atoms with Crippen molar-refractivity contribution < 1.29 is 25.3 Å². The Morgan fingerprint density at radius 1 is 0.897 bits per heavy atom. The van der Waals surface area contributed by atoms with E-state index >= 15 is 0 Å². The molecule has 0 spiro atoms. The number of aliphatic hydroxyl groups excluding tert-OH is 3. The van der Waals surface area contributed by atoms with Crippen LogP contribution < -0.4 is 4.90 Å². The van der Waals surface area contributed by atoms with Crippen molar-refractivity contribution in [1.82, 2.24) is 5.06 Å². The van der Waals surface area contributed by atoms with Crippen molar-refractivity contribution in [3.63, 3.8) is 0 Å². The smallest absolute Gasteiger partial charge is 0.161 e. The van der Waals surface area contributed by atoms with Crippen LogP contribution in [0.5, 0.6) is 0 Å². The number of benzene rings is 1. The standard InChI is InChI=1S/C20H32Cl2N2O5/c1-14-17(25)18(26)19(27)20(29-14)24(28)11-3-2-4-15-5-7-16(8-6-15)23(12-9-21)13-10-22/h5-8,14,17-20,25-28H,2-4,9-13H2,1H3/t14-,17+,18+,19-,20+/m1/s1. The van der Waals surface area contributed by atoms with Crippen LogP contribution in [0.3, 0.4) is 0 Å². The number of hydrogen-bond acceptors (Lipinski definition) is 7. The first-order chi connectivity index (χ1) is 13.9. The lowest BCUT2D eigenvalue weighted by Gasteiger charge is -2.41. The largest absolute Gasteiger partial charge is 0.388 e. The van der Waals surface area contributed by atoms with E-state index in [9.17, 15) is 20.5 Å². The Labute approximate surface area is 182 Å². The average molecular weight is 451 g/mol. The molecule has 1 saturated heterocycles. The van der Waals surface area contributed by atoms with Gasteiger partial charge in [-0.15, -0.1) is 23.2 Å². The lowest BCUT2D eigenvalue weighted by molar-refractivity contribution is -0.313. The van der Waals surface area contributed by atoms with Crippen LogP contribution in [0.4, 0.5) is 5.69 Å². The second-order valence-electron chi connectivity index (χ2n) is 7.36. The summed E-state index contributed by atoms with van der Waals surface area (Å²) in [6, 6.07) is 8.28. The first kappa shape index (κ1) is 24.6. The lowest BCUT2D eigenvalue weighted by Crippen LogP contribution is -2.61. The third-order valence-corrected chi connectivity index (χ3v) is 5.57. The van der Waals surface area contributed by atoms with Gasteiger partial charge in [-0.25, -0.2) is 0 Å². The highest BCUT2D eigenvalue weighted by Crippen LogP contribution is 2.23. The van der Waals surface area contributed by atoms with Gasteiger partial charge in [0.15, 0.2) is 6.23 Å². The fourth-order valence-electron chi connectivity index (χ4n) is 3.45. The van der Waals surface area contributed by atoms with Crippen LogP contribution in [0.1, 0.15) is 25.3 Å². The van der Waals surface area contributed by atoms with E-state index in [1.165, 1.54) is 5.56 Å². The molecular formula is C20H32Cl2N2O5. The molecule has 1 aliphatic heterocycles. The van der Waals surface area contributed by atoms with Crippen LogP contribution in [0.2, 0.25) is 0 Å². The van der Waals surface area contributed by atoms with Crippen molar-refractivity contribution in [3.8, 4) is 0 Å². The minimum Gasteiger partial charge on any atom is -0.388 e. The van der Waals surface area contributed by atoms with Crippen LogP contribution >= 0.6 is 23.2 Å². The lowest BCUT2D eigenvalue weighted by atomic mass is 9.99. The van der Waals surface area contributed by atoms with Crippen LogP contribution in [0.25, 0.3) is 0 Å². The van der Waals surface area contributed by atoms with Crippen molar-refractivity contribution in [2.75, 3.05) is 36.3 Å². The van der Waals surface area contributed by atoms with E-state index in [-0.39, 0.29) is 6.54 Å². The number of rotatable bonds is 11. The van der Waals surface area contributed by atoms with Gasteiger partial charge in [0.25, 0.3) is 0 Å². The second-order valence-corrected chi connectivity index (χ2v) is 8.11. The number of hydrogen-bond donors (Lipinski definition) is 4. The molecule has 0 aromatic heterocycles. The minimum atomic E-state index is -1.37. The average Bonchev–Trinajstić information content (AvgIpc) is 2.72. The number of aryl methyl sites for hydroxylation is 1. The van der Waals surface area contributed by atoms with E-state index in [1.807, 2.05) is 0 Å². The number of nitrogens with zero attached hydrogens (tertiary/aromatic N) is 2. The Balaban J connectivity index is 1.77.